The second kappa shape index (κ2) is 5.19. The molecule has 1 heterocycles. The van der Waals surface area contributed by atoms with Crippen LogP contribution in [-0.4, -0.2) is 15.5 Å². The van der Waals surface area contributed by atoms with E-state index in [-0.39, 0.29) is 21.4 Å². The molecular weight excluding hydrogens is 307 g/mol. The maximum absolute atomic E-state index is 13.3. The summed E-state index contributed by atoms with van der Waals surface area (Å²) >= 11 is 5.14. The molecule has 0 aliphatic rings. The minimum Gasteiger partial charge on any atom is -0.545 e. The standard InChI is InChI=1S/C15H9FN2O3S/c16-9-4-5-12-11(7-9)13(19)18(15(22)17-12)10-3-1-2-8(6-10)14(20)21/h1-7H,(H,17,22)(H,20,21)/p-1. The molecule has 0 spiro atoms. The fraction of sp³-hybridized carbons (Fsp3) is 0. The van der Waals surface area contributed by atoms with Crippen molar-refractivity contribution in [2.24, 2.45) is 0 Å². The van der Waals surface area contributed by atoms with Gasteiger partial charge in [-0.1, -0.05) is 12.1 Å². The molecule has 22 heavy (non-hydrogen) atoms. The van der Waals surface area contributed by atoms with Gasteiger partial charge in [-0.25, -0.2) is 4.39 Å². The predicted octanol–water partition coefficient (Wildman–Crippen LogP) is 1.55. The van der Waals surface area contributed by atoms with Crippen LogP contribution in [-0.2, 0) is 0 Å². The van der Waals surface area contributed by atoms with E-state index in [0.29, 0.717) is 5.52 Å². The fourth-order valence-corrected chi connectivity index (χ4v) is 2.49. The summed E-state index contributed by atoms with van der Waals surface area (Å²) in [7, 11) is 0. The van der Waals surface area contributed by atoms with Crippen molar-refractivity contribution >= 4 is 29.1 Å². The molecule has 5 nitrogen and oxygen atoms in total. The number of fused-ring (bicyclic) bond motifs is 1. The number of benzene rings is 2. The first-order valence-electron chi connectivity index (χ1n) is 6.24. The van der Waals surface area contributed by atoms with Gasteiger partial charge in [0.2, 0.25) is 0 Å². The van der Waals surface area contributed by atoms with Gasteiger partial charge < -0.3 is 14.9 Å². The van der Waals surface area contributed by atoms with Crippen LogP contribution >= 0.6 is 12.2 Å². The van der Waals surface area contributed by atoms with Crippen LogP contribution in [0.4, 0.5) is 4.39 Å². The third-order valence-electron chi connectivity index (χ3n) is 3.20. The van der Waals surface area contributed by atoms with Crippen molar-refractivity contribution in [2.45, 2.75) is 0 Å². The van der Waals surface area contributed by atoms with Crippen LogP contribution in [0.3, 0.4) is 0 Å². The zero-order chi connectivity index (χ0) is 15.9. The molecule has 3 aromatic rings. The van der Waals surface area contributed by atoms with E-state index in [1.165, 1.54) is 36.4 Å². The van der Waals surface area contributed by atoms with Crippen molar-refractivity contribution in [3.63, 3.8) is 0 Å². The number of rotatable bonds is 2. The zero-order valence-electron chi connectivity index (χ0n) is 11.0. The average molecular weight is 315 g/mol. The number of aromatic nitrogens is 2. The highest BCUT2D eigenvalue weighted by Gasteiger charge is 2.09. The normalized spacial score (nSPS) is 10.8. The number of nitrogens with one attached hydrogen (secondary N) is 1. The Kier molecular flexibility index (Phi) is 3.34. The Morgan fingerprint density at radius 2 is 2.00 bits per heavy atom. The molecule has 0 saturated carbocycles. The van der Waals surface area contributed by atoms with Crippen molar-refractivity contribution in [2.75, 3.05) is 0 Å². The van der Waals surface area contributed by atoms with Crippen LogP contribution in [0.15, 0.2) is 47.3 Å². The first kappa shape index (κ1) is 14.2. The molecule has 0 aliphatic heterocycles. The molecule has 1 aromatic heterocycles. The highest BCUT2D eigenvalue weighted by Crippen LogP contribution is 2.13. The van der Waals surface area contributed by atoms with E-state index in [9.17, 15) is 19.1 Å². The molecule has 1 N–H and O–H groups in total. The number of hydrogen-bond donors (Lipinski definition) is 1. The van der Waals surface area contributed by atoms with Crippen LogP contribution < -0.4 is 10.7 Å². The molecule has 0 bridgehead atoms. The average Bonchev–Trinajstić information content (AvgIpc) is 2.48. The van der Waals surface area contributed by atoms with Gasteiger partial charge >= 0.3 is 0 Å². The number of carbonyl (C=O) groups is 1. The van der Waals surface area contributed by atoms with Gasteiger partial charge in [-0.2, -0.15) is 0 Å². The lowest BCUT2D eigenvalue weighted by molar-refractivity contribution is -0.255. The quantitative estimate of drug-likeness (QED) is 0.728. The van der Waals surface area contributed by atoms with E-state index in [2.05, 4.69) is 4.98 Å². The molecule has 0 atom stereocenters. The monoisotopic (exact) mass is 315 g/mol. The second-order valence-corrected chi connectivity index (χ2v) is 4.99. The van der Waals surface area contributed by atoms with E-state index in [1.807, 2.05) is 0 Å². The Bertz CT molecular complexity index is 1020. The van der Waals surface area contributed by atoms with Gasteiger partial charge in [-0.3, -0.25) is 9.36 Å². The Labute approximate surface area is 128 Å². The minimum absolute atomic E-state index is 0.0830. The van der Waals surface area contributed by atoms with Gasteiger partial charge in [0.05, 0.1) is 22.6 Å². The van der Waals surface area contributed by atoms with Crippen LogP contribution in [0.5, 0.6) is 0 Å². The smallest absolute Gasteiger partial charge is 0.266 e. The number of aromatic amines is 1. The highest BCUT2D eigenvalue weighted by molar-refractivity contribution is 7.71. The molecule has 0 amide bonds. The number of halogens is 1. The van der Waals surface area contributed by atoms with E-state index >= 15 is 0 Å². The van der Waals surface area contributed by atoms with Crippen molar-refractivity contribution in [3.05, 3.63) is 69.0 Å². The second-order valence-electron chi connectivity index (χ2n) is 4.60. The minimum atomic E-state index is -1.36. The molecule has 0 saturated heterocycles. The molecule has 0 aliphatic carbocycles. The van der Waals surface area contributed by atoms with Crippen molar-refractivity contribution in [1.82, 2.24) is 9.55 Å². The van der Waals surface area contributed by atoms with E-state index < -0.39 is 17.3 Å². The largest absolute Gasteiger partial charge is 0.545 e. The van der Waals surface area contributed by atoms with Crippen LogP contribution in [0.1, 0.15) is 10.4 Å². The van der Waals surface area contributed by atoms with Crippen molar-refractivity contribution < 1.29 is 14.3 Å². The third kappa shape index (κ3) is 2.31. The van der Waals surface area contributed by atoms with E-state index in [1.54, 1.807) is 0 Å². The summed E-state index contributed by atoms with van der Waals surface area (Å²) in [5.41, 5.74) is 0.0507. The zero-order valence-corrected chi connectivity index (χ0v) is 11.8. The lowest BCUT2D eigenvalue weighted by Crippen LogP contribution is -2.24. The molecule has 3 rings (SSSR count). The first-order valence-corrected chi connectivity index (χ1v) is 6.64. The molecular formula is C15H8FN2O3S-. The Morgan fingerprint density at radius 1 is 1.23 bits per heavy atom. The van der Waals surface area contributed by atoms with Crippen LogP contribution in [0.2, 0.25) is 0 Å². The molecule has 0 fully saturated rings. The number of hydrogen-bond acceptors (Lipinski definition) is 4. The topological polar surface area (TPSA) is 77.9 Å². The maximum atomic E-state index is 13.3. The molecule has 0 radical (unpaired) electrons. The SMILES string of the molecule is O=C([O-])c1cccc(-n2c(=S)[nH]c3ccc(F)cc3c2=O)c1. The molecule has 0 unspecified atom stereocenters. The molecule has 110 valence electrons. The van der Waals surface area contributed by atoms with Crippen LogP contribution in [0.25, 0.3) is 16.6 Å². The number of carboxylic acid groups (broad SMARTS) is 1. The summed E-state index contributed by atoms with van der Waals surface area (Å²) in [6.45, 7) is 0. The van der Waals surface area contributed by atoms with Crippen LogP contribution in [0, 0.1) is 10.6 Å². The molecule has 7 heteroatoms. The summed E-state index contributed by atoms with van der Waals surface area (Å²) in [6.07, 6.45) is 0. The maximum Gasteiger partial charge on any atom is 0.266 e. The number of carbonyl (C=O) groups excluding carboxylic acids is 1. The summed E-state index contributed by atoms with van der Waals surface area (Å²) < 4.78 is 14.5. The van der Waals surface area contributed by atoms with Gasteiger partial charge in [0.25, 0.3) is 5.56 Å². The van der Waals surface area contributed by atoms with Gasteiger partial charge in [0, 0.05) is 0 Å². The lowest BCUT2D eigenvalue weighted by Gasteiger charge is -2.10. The summed E-state index contributed by atoms with van der Waals surface area (Å²) in [4.78, 5) is 26.3. The number of aromatic carboxylic acids is 1. The molecule has 2 aromatic carbocycles. The van der Waals surface area contributed by atoms with Gasteiger partial charge in [0.15, 0.2) is 4.77 Å². The first-order chi connectivity index (χ1) is 10.5. The predicted molar refractivity (Wildman–Crippen MR) is 79.0 cm³/mol. The Morgan fingerprint density at radius 3 is 2.73 bits per heavy atom. The third-order valence-corrected chi connectivity index (χ3v) is 3.48. The van der Waals surface area contributed by atoms with E-state index in [4.69, 9.17) is 12.2 Å². The summed E-state index contributed by atoms with van der Waals surface area (Å²) in [5.74, 6) is -1.92. The number of carboxylic acids is 1. The Hall–Kier alpha value is -2.80. The highest BCUT2D eigenvalue weighted by atomic mass is 32.1. The number of nitrogens with zero attached hydrogens (tertiary/aromatic N) is 1. The van der Waals surface area contributed by atoms with E-state index in [0.717, 1.165) is 10.6 Å². The fourth-order valence-electron chi connectivity index (χ4n) is 2.19. The van der Waals surface area contributed by atoms with Crippen molar-refractivity contribution in [1.29, 1.82) is 0 Å². The Balaban J connectivity index is 2.36. The van der Waals surface area contributed by atoms with Gasteiger partial charge in [-0.05, 0) is 48.1 Å². The summed E-state index contributed by atoms with van der Waals surface area (Å²) in [5, 5.41) is 11.0. The van der Waals surface area contributed by atoms with Gasteiger partial charge in [-0.15, -0.1) is 0 Å². The summed E-state index contributed by atoms with van der Waals surface area (Å²) in [6, 6.07) is 9.35. The van der Waals surface area contributed by atoms with Gasteiger partial charge in [0.1, 0.15) is 5.82 Å². The number of H-pyrrole nitrogens is 1. The lowest BCUT2D eigenvalue weighted by atomic mass is 10.2. The van der Waals surface area contributed by atoms with Crippen molar-refractivity contribution in [3.8, 4) is 5.69 Å².